The molecule has 0 spiro atoms. The van der Waals surface area contributed by atoms with Gasteiger partial charge in [-0.2, -0.15) is 0 Å². The summed E-state index contributed by atoms with van der Waals surface area (Å²) < 4.78 is 4.68. The fourth-order valence-electron chi connectivity index (χ4n) is 0. The van der Waals surface area contributed by atoms with E-state index in [1.807, 2.05) is 6.92 Å². The second kappa shape index (κ2) is 10.2. The van der Waals surface area contributed by atoms with Crippen LogP contribution in [0.4, 0.5) is 0 Å². The maximum Gasteiger partial charge on any atom is 0.145 e. The van der Waals surface area contributed by atoms with Crippen LogP contribution in [0.25, 0.3) is 0 Å². The van der Waals surface area contributed by atoms with E-state index in [9.17, 15) is 0 Å². The molecule has 1 aliphatic carbocycles. The van der Waals surface area contributed by atoms with Crippen molar-refractivity contribution in [2.75, 3.05) is 6.61 Å². The molecule has 0 saturated heterocycles. The van der Waals surface area contributed by atoms with Gasteiger partial charge in [0.05, 0.1) is 0 Å². The lowest BCUT2D eigenvalue weighted by molar-refractivity contribution is 0.375. The lowest BCUT2D eigenvalue weighted by atomic mass is 10.9. The molecule has 0 bridgehead atoms. The molecule has 1 saturated carbocycles. The van der Waals surface area contributed by atoms with E-state index in [0.29, 0.717) is 0 Å². The molecule has 0 aromatic heterocycles. The first-order valence-electron chi connectivity index (χ1n) is 2.90. The Morgan fingerprint density at radius 3 is 1.62 bits per heavy atom. The van der Waals surface area contributed by atoms with E-state index in [1.54, 1.807) is 0 Å². The molecule has 3 N–H and O–H groups in total. The van der Waals surface area contributed by atoms with E-state index in [2.05, 4.69) is 4.43 Å². The maximum atomic E-state index is 4.68. The zero-order valence-corrected chi connectivity index (χ0v) is 7.94. The Morgan fingerprint density at radius 1 is 1.38 bits per heavy atom. The van der Waals surface area contributed by atoms with Gasteiger partial charge >= 0.3 is 0 Å². The fraction of sp³-hybridized carbons (Fsp3) is 1.00. The zero-order valence-electron chi connectivity index (χ0n) is 5.94. The summed E-state index contributed by atoms with van der Waals surface area (Å²) in [6.45, 7) is 2.87. The summed E-state index contributed by atoms with van der Waals surface area (Å²) in [6.07, 6.45) is 4.50. The highest BCUT2D eigenvalue weighted by molar-refractivity contribution is 5.97. The Bertz CT molecular complexity index is 28.9. The molecule has 0 radical (unpaired) electrons. The average Bonchev–Trinajstić information content (AvgIpc) is 2.47. The SMILES string of the molecule is C1CC1.CCO[SiH3].N. The lowest BCUT2D eigenvalue weighted by Crippen LogP contribution is -1.76. The van der Waals surface area contributed by atoms with Gasteiger partial charge in [-0.3, -0.25) is 0 Å². The molecule has 0 atom stereocenters. The summed E-state index contributed by atoms with van der Waals surface area (Å²) in [5, 5.41) is 0. The van der Waals surface area contributed by atoms with Crippen molar-refractivity contribution in [1.29, 1.82) is 0 Å². The highest BCUT2D eigenvalue weighted by atomic mass is 28.2. The van der Waals surface area contributed by atoms with Crippen LogP contribution in [-0.2, 0) is 4.43 Å². The summed E-state index contributed by atoms with van der Waals surface area (Å²) in [5.41, 5.74) is 0. The maximum absolute atomic E-state index is 4.68. The van der Waals surface area contributed by atoms with Crippen molar-refractivity contribution in [2.24, 2.45) is 0 Å². The molecule has 2 nitrogen and oxygen atoms in total. The van der Waals surface area contributed by atoms with E-state index < -0.39 is 0 Å². The van der Waals surface area contributed by atoms with Gasteiger partial charge in [-0.15, -0.1) is 0 Å². The van der Waals surface area contributed by atoms with Gasteiger partial charge in [0.2, 0.25) is 0 Å². The summed E-state index contributed by atoms with van der Waals surface area (Å²) >= 11 is 0. The molecule has 0 amide bonds. The number of hydrogen-bond donors (Lipinski definition) is 1. The van der Waals surface area contributed by atoms with Gasteiger partial charge < -0.3 is 10.6 Å². The molecular formula is C5H17NOSi. The minimum Gasteiger partial charge on any atom is -0.428 e. The topological polar surface area (TPSA) is 44.2 Å². The minimum absolute atomic E-state index is 0. The van der Waals surface area contributed by atoms with Gasteiger partial charge in [-0.1, -0.05) is 19.3 Å². The molecule has 3 heteroatoms. The van der Waals surface area contributed by atoms with Crippen LogP contribution in [0.15, 0.2) is 0 Å². The van der Waals surface area contributed by atoms with Crippen LogP contribution >= 0.6 is 0 Å². The average molecular weight is 135 g/mol. The first kappa shape index (κ1) is 11.0. The first-order valence-corrected chi connectivity index (χ1v) is 3.72. The van der Waals surface area contributed by atoms with Crippen molar-refractivity contribution in [2.45, 2.75) is 26.2 Å². The van der Waals surface area contributed by atoms with E-state index in [4.69, 9.17) is 0 Å². The molecule has 0 aromatic rings. The molecule has 0 aliphatic heterocycles. The Hall–Kier alpha value is 0.137. The first-order chi connectivity index (χ1) is 3.41. The Kier molecular flexibility index (Phi) is 14.0. The quantitative estimate of drug-likeness (QED) is 0.536. The fourth-order valence-corrected chi connectivity index (χ4v) is 0. The number of hydrogen-bond acceptors (Lipinski definition) is 2. The minimum atomic E-state index is 0. The van der Waals surface area contributed by atoms with E-state index in [-0.39, 0.29) is 6.15 Å². The Labute approximate surface area is 54.7 Å². The van der Waals surface area contributed by atoms with E-state index in [1.165, 1.54) is 19.3 Å². The zero-order chi connectivity index (χ0) is 5.54. The second-order valence-electron chi connectivity index (χ2n) is 1.64. The van der Waals surface area contributed by atoms with Gasteiger partial charge in [0.15, 0.2) is 0 Å². The third kappa shape index (κ3) is 35.5. The van der Waals surface area contributed by atoms with Crippen molar-refractivity contribution in [3.05, 3.63) is 0 Å². The third-order valence-electron chi connectivity index (χ3n) is 0.642. The van der Waals surface area contributed by atoms with Crippen molar-refractivity contribution in [3.63, 3.8) is 0 Å². The standard InChI is InChI=1S/C3H6.C2H8OSi.H3N/c1-2-3-1;1-2-3-4;/h1-3H2;2H2,1,4H3;1H3. The molecule has 1 fully saturated rings. The normalized spacial score (nSPS) is 13.1. The van der Waals surface area contributed by atoms with E-state index >= 15 is 0 Å². The van der Waals surface area contributed by atoms with Gasteiger partial charge in [0.1, 0.15) is 10.5 Å². The van der Waals surface area contributed by atoms with Crippen LogP contribution in [0.2, 0.25) is 0 Å². The second-order valence-corrected chi connectivity index (χ2v) is 2.22. The largest absolute Gasteiger partial charge is 0.428 e. The smallest absolute Gasteiger partial charge is 0.145 e. The summed E-state index contributed by atoms with van der Waals surface area (Å²) in [6, 6.07) is 0. The molecular weight excluding hydrogens is 118 g/mol. The van der Waals surface area contributed by atoms with Crippen molar-refractivity contribution in [3.8, 4) is 0 Å². The van der Waals surface area contributed by atoms with Crippen LogP contribution < -0.4 is 6.15 Å². The van der Waals surface area contributed by atoms with Crippen LogP contribution in [0.3, 0.4) is 0 Å². The number of rotatable bonds is 1. The van der Waals surface area contributed by atoms with Crippen molar-refractivity contribution in [1.82, 2.24) is 6.15 Å². The van der Waals surface area contributed by atoms with Crippen LogP contribution in [-0.4, -0.2) is 17.1 Å². The molecule has 0 heterocycles. The Balaban J connectivity index is 0. The molecule has 52 valence electrons. The highest BCUT2D eigenvalue weighted by Gasteiger charge is 1.95. The summed E-state index contributed by atoms with van der Waals surface area (Å²) in [4.78, 5) is 0. The monoisotopic (exact) mass is 135 g/mol. The molecule has 8 heavy (non-hydrogen) atoms. The van der Waals surface area contributed by atoms with Crippen molar-refractivity contribution < 1.29 is 4.43 Å². The predicted molar refractivity (Wildman–Crippen MR) is 40.4 cm³/mol. The van der Waals surface area contributed by atoms with Gasteiger partial charge in [-0.05, 0) is 6.92 Å². The van der Waals surface area contributed by atoms with Gasteiger partial charge in [-0.25, -0.2) is 0 Å². The molecule has 1 aliphatic rings. The van der Waals surface area contributed by atoms with Crippen LogP contribution in [0.1, 0.15) is 26.2 Å². The van der Waals surface area contributed by atoms with Crippen LogP contribution in [0, 0.1) is 0 Å². The van der Waals surface area contributed by atoms with E-state index in [0.717, 1.165) is 17.1 Å². The summed E-state index contributed by atoms with van der Waals surface area (Å²) in [5.74, 6) is 0. The molecule has 1 rings (SSSR count). The van der Waals surface area contributed by atoms with Gasteiger partial charge in [0, 0.05) is 6.61 Å². The van der Waals surface area contributed by atoms with Crippen molar-refractivity contribution >= 4 is 10.5 Å². The Morgan fingerprint density at radius 2 is 1.62 bits per heavy atom. The lowest BCUT2D eigenvalue weighted by Gasteiger charge is -1.77. The molecule has 0 aromatic carbocycles. The van der Waals surface area contributed by atoms with Gasteiger partial charge in [0.25, 0.3) is 0 Å². The highest BCUT2D eigenvalue weighted by Crippen LogP contribution is 2.14. The van der Waals surface area contributed by atoms with Crippen LogP contribution in [0.5, 0.6) is 0 Å². The third-order valence-corrected chi connectivity index (χ3v) is 1.22. The predicted octanol–water partition coefficient (Wildman–Crippen LogP) is 0.636. The summed E-state index contributed by atoms with van der Waals surface area (Å²) in [7, 11) is 0.890. The molecule has 0 unspecified atom stereocenters.